The third kappa shape index (κ3) is 4.72. The average Bonchev–Trinajstić information content (AvgIpc) is 3.13. The van der Waals surface area contributed by atoms with Crippen LogP contribution in [0.2, 0.25) is 5.02 Å². The maximum absolute atomic E-state index is 12.2. The van der Waals surface area contributed by atoms with Crippen LogP contribution in [0.3, 0.4) is 0 Å². The van der Waals surface area contributed by atoms with Crippen LogP contribution in [0.4, 0.5) is 0 Å². The zero-order chi connectivity index (χ0) is 16.8. The van der Waals surface area contributed by atoms with E-state index in [1.165, 1.54) is 0 Å². The first kappa shape index (κ1) is 16.8. The average molecular weight is 349 g/mol. The van der Waals surface area contributed by atoms with Crippen molar-refractivity contribution in [1.29, 1.82) is 0 Å². The lowest BCUT2D eigenvalue weighted by Crippen LogP contribution is -2.50. The molecule has 3 rings (SSSR count). The molecule has 1 amide bonds. The first-order valence-electron chi connectivity index (χ1n) is 8.06. The van der Waals surface area contributed by atoms with E-state index >= 15 is 0 Å². The molecular weight excluding hydrogens is 328 g/mol. The summed E-state index contributed by atoms with van der Waals surface area (Å²) >= 11 is 5.83. The number of ether oxygens (including phenoxy) is 1. The molecule has 1 aliphatic heterocycles. The van der Waals surface area contributed by atoms with Gasteiger partial charge in [-0.3, -0.25) is 14.4 Å². The normalized spacial score (nSPS) is 15.5. The van der Waals surface area contributed by atoms with E-state index in [-0.39, 0.29) is 12.5 Å². The second-order valence-electron chi connectivity index (χ2n) is 5.73. The number of halogens is 1. The molecule has 0 bridgehead atoms. The highest BCUT2D eigenvalue weighted by Gasteiger charge is 2.21. The van der Waals surface area contributed by atoms with E-state index in [9.17, 15) is 4.79 Å². The summed E-state index contributed by atoms with van der Waals surface area (Å²) in [6, 6.07) is 8.96. The summed E-state index contributed by atoms with van der Waals surface area (Å²) in [5.41, 5.74) is 0. The number of hydrogen-bond donors (Lipinski definition) is 0. The maximum Gasteiger partial charge on any atom is 0.260 e. The van der Waals surface area contributed by atoms with E-state index in [2.05, 4.69) is 10.00 Å². The molecule has 0 saturated carbocycles. The molecule has 7 heteroatoms. The molecule has 1 aromatic carbocycles. The highest BCUT2D eigenvalue weighted by molar-refractivity contribution is 6.30. The third-order valence-electron chi connectivity index (χ3n) is 4.11. The molecule has 1 aromatic heterocycles. The number of amides is 1. The number of carbonyl (C=O) groups is 1. The second kappa shape index (κ2) is 8.17. The minimum absolute atomic E-state index is 0.0247. The molecule has 1 fully saturated rings. The van der Waals surface area contributed by atoms with E-state index in [4.69, 9.17) is 16.3 Å². The maximum atomic E-state index is 12.2. The lowest BCUT2D eigenvalue weighted by atomic mass is 10.3. The first-order chi connectivity index (χ1) is 11.7. The van der Waals surface area contributed by atoms with Crippen molar-refractivity contribution in [3.05, 3.63) is 47.7 Å². The summed E-state index contributed by atoms with van der Waals surface area (Å²) in [5.74, 6) is 0.683. The minimum Gasteiger partial charge on any atom is -0.484 e. The zero-order valence-corrected chi connectivity index (χ0v) is 14.2. The van der Waals surface area contributed by atoms with Gasteiger partial charge in [0.05, 0.1) is 6.54 Å². The highest BCUT2D eigenvalue weighted by Crippen LogP contribution is 2.15. The summed E-state index contributed by atoms with van der Waals surface area (Å²) in [6.07, 6.45) is 3.76. The molecule has 1 aliphatic rings. The molecule has 0 unspecified atom stereocenters. The second-order valence-corrected chi connectivity index (χ2v) is 6.17. The van der Waals surface area contributed by atoms with Crippen molar-refractivity contribution in [1.82, 2.24) is 19.6 Å². The summed E-state index contributed by atoms with van der Waals surface area (Å²) in [4.78, 5) is 16.4. The standard InChI is InChI=1S/C17H21ClN4O2/c18-15-2-4-16(5-3-15)24-14-17(23)21-11-8-20(9-12-21)10-13-22-7-1-6-19-22/h1-7H,8-14H2. The van der Waals surface area contributed by atoms with Crippen molar-refractivity contribution in [2.24, 2.45) is 0 Å². The van der Waals surface area contributed by atoms with Crippen molar-refractivity contribution >= 4 is 17.5 Å². The van der Waals surface area contributed by atoms with Gasteiger partial charge in [0.25, 0.3) is 5.91 Å². The Labute approximate surface area is 146 Å². The third-order valence-corrected chi connectivity index (χ3v) is 4.36. The summed E-state index contributed by atoms with van der Waals surface area (Å²) in [7, 11) is 0. The number of hydrogen-bond acceptors (Lipinski definition) is 4. The van der Waals surface area contributed by atoms with Crippen LogP contribution >= 0.6 is 11.6 Å². The molecule has 2 aromatic rings. The Hall–Kier alpha value is -2.05. The molecule has 1 saturated heterocycles. The van der Waals surface area contributed by atoms with Gasteiger partial charge >= 0.3 is 0 Å². The summed E-state index contributed by atoms with van der Waals surface area (Å²) < 4.78 is 7.45. The minimum atomic E-state index is 0.0247. The van der Waals surface area contributed by atoms with Crippen LogP contribution in [-0.4, -0.2) is 64.8 Å². The van der Waals surface area contributed by atoms with E-state index < -0.39 is 0 Å². The van der Waals surface area contributed by atoms with Crippen LogP contribution in [-0.2, 0) is 11.3 Å². The number of nitrogens with zero attached hydrogens (tertiary/aromatic N) is 4. The van der Waals surface area contributed by atoms with Crippen molar-refractivity contribution < 1.29 is 9.53 Å². The monoisotopic (exact) mass is 348 g/mol. The number of piperazine rings is 1. The quantitative estimate of drug-likeness (QED) is 0.798. The van der Waals surface area contributed by atoms with Crippen molar-refractivity contribution in [2.75, 3.05) is 39.3 Å². The Morgan fingerprint density at radius 1 is 1.12 bits per heavy atom. The predicted octanol–water partition coefficient (Wildman–Crippen LogP) is 1.76. The fourth-order valence-electron chi connectivity index (χ4n) is 2.66. The molecular formula is C17H21ClN4O2. The van der Waals surface area contributed by atoms with Gasteiger partial charge in [-0.1, -0.05) is 11.6 Å². The smallest absolute Gasteiger partial charge is 0.260 e. The zero-order valence-electron chi connectivity index (χ0n) is 13.5. The number of rotatable bonds is 6. The summed E-state index contributed by atoms with van der Waals surface area (Å²) in [6.45, 7) is 5.13. The number of aromatic nitrogens is 2. The van der Waals surface area contributed by atoms with Gasteiger partial charge in [-0.15, -0.1) is 0 Å². The Bertz CT molecular complexity index is 637. The lowest BCUT2D eigenvalue weighted by molar-refractivity contribution is -0.135. The van der Waals surface area contributed by atoms with Crippen LogP contribution in [0.1, 0.15) is 0 Å². The van der Waals surface area contributed by atoms with Gasteiger partial charge in [-0.05, 0) is 30.3 Å². The topological polar surface area (TPSA) is 50.6 Å². The van der Waals surface area contributed by atoms with Crippen LogP contribution in [0.15, 0.2) is 42.7 Å². The molecule has 128 valence electrons. The van der Waals surface area contributed by atoms with Gasteiger partial charge in [0.2, 0.25) is 0 Å². The SMILES string of the molecule is O=C(COc1ccc(Cl)cc1)N1CCN(CCn2cccn2)CC1. The van der Waals surface area contributed by atoms with E-state index in [1.54, 1.807) is 30.5 Å². The Balaban J connectivity index is 1.37. The van der Waals surface area contributed by atoms with Crippen LogP contribution in [0.5, 0.6) is 5.75 Å². The molecule has 0 radical (unpaired) electrons. The van der Waals surface area contributed by atoms with Crippen LogP contribution in [0.25, 0.3) is 0 Å². The highest BCUT2D eigenvalue weighted by atomic mass is 35.5. The van der Waals surface area contributed by atoms with Crippen molar-refractivity contribution in [3.63, 3.8) is 0 Å². The molecule has 6 nitrogen and oxygen atoms in total. The molecule has 24 heavy (non-hydrogen) atoms. The molecule has 0 atom stereocenters. The number of carbonyl (C=O) groups excluding carboxylic acids is 1. The fourth-order valence-corrected chi connectivity index (χ4v) is 2.79. The van der Waals surface area contributed by atoms with Crippen LogP contribution in [0, 0.1) is 0 Å². The Morgan fingerprint density at radius 3 is 2.54 bits per heavy atom. The number of benzene rings is 1. The predicted molar refractivity (Wildman–Crippen MR) is 92.2 cm³/mol. The first-order valence-corrected chi connectivity index (χ1v) is 8.44. The summed E-state index contributed by atoms with van der Waals surface area (Å²) in [5, 5.41) is 4.86. The van der Waals surface area contributed by atoms with Gasteiger partial charge in [0.1, 0.15) is 5.75 Å². The van der Waals surface area contributed by atoms with Gasteiger partial charge in [-0.25, -0.2) is 0 Å². The fraction of sp³-hybridized carbons (Fsp3) is 0.412. The Kier molecular flexibility index (Phi) is 5.72. The van der Waals surface area contributed by atoms with Crippen molar-refractivity contribution in [2.45, 2.75) is 6.54 Å². The van der Waals surface area contributed by atoms with E-state index in [1.807, 2.05) is 21.8 Å². The van der Waals surface area contributed by atoms with E-state index in [0.717, 1.165) is 39.3 Å². The van der Waals surface area contributed by atoms with Gasteiger partial charge in [-0.2, -0.15) is 5.10 Å². The molecule has 2 heterocycles. The van der Waals surface area contributed by atoms with Gasteiger partial charge in [0, 0.05) is 50.1 Å². The van der Waals surface area contributed by atoms with Gasteiger partial charge < -0.3 is 9.64 Å². The van der Waals surface area contributed by atoms with Gasteiger partial charge in [0.15, 0.2) is 6.61 Å². The molecule has 0 aliphatic carbocycles. The van der Waals surface area contributed by atoms with Crippen molar-refractivity contribution in [3.8, 4) is 5.75 Å². The molecule has 0 spiro atoms. The lowest BCUT2D eigenvalue weighted by Gasteiger charge is -2.34. The largest absolute Gasteiger partial charge is 0.484 e. The Morgan fingerprint density at radius 2 is 1.88 bits per heavy atom. The van der Waals surface area contributed by atoms with E-state index in [0.29, 0.717) is 10.8 Å². The van der Waals surface area contributed by atoms with Crippen LogP contribution < -0.4 is 4.74 Å². The molecule has 0 N–H and O–H groups in total.